The molecule has 1 aromatic carbocycles. The van der Waals surface area contributed by atoms with Gasteiger partial charge in [-0.15, -0.1) is 0 Å². The lowest BCUT2D eigenvalue weighted by molar-refractivity contribution is 0.197. The van der Waals surface area contributed by atoms with Gasteiger partial charge in [-0.2, -0.15) is 5.10 Å². The van der Waals surface area contributed by atoms with Crippen LogP contribution in [0.25, 0.3) is 0 Å². The van der Waals surface area contributed by atoms with Crippen molar-refractivity contribution in [2.75, 3.05) is 51.3 Å². The molecule has 0 aliphatic carbocycles. The number of hydrogen-bond acceptors (Lipinski definition) is 6. The van der Waals surface area contributed by atoms with Crippen LogP contribution in [0.15, 0.2) is 41.3 Å². The molecule has 1 saturated heterocycles. The number of benzene rings is 1. The maximum Gasteiger partial charge on any atom is 0.268 e. The number of rotatable bonds is 6. The summed E-state index contributed by atoms with van der Waals surface area (Å²) in [4.78, 5) is 16.3. The fourth-order valence-electron chi connectivity index (χ4n) is 2.89. The van der Waals surface area contributed by atoms with Crippen molar-refractivity contribution in [2.45, 2.75) is 0 Å². The molecule has 1 aliphatic heterocycles. The van der Waals surface area contributed by atoms with Gasteiger partial charge in [0.1, 0.15) is 6.61 Å². The zero-order valence-corrected chi connectivity index (χ0v) is 14.7. The van der Waals surface area contributed by atoms with Gasteiger partial charge >= 0.3 is 0 Å². The average molecular weight is 344 g/mol. The van der Waals surface area contributed by atoms with E-state index >= 15 is 0 Å². The highest BCUT2D eigenvalue weighted by atomic mass is 16.5. The molecule has 25 heavy (non-hydrogen) atoms. The number of para-hydroxylation sites is 2. The quantitative estimate of drug-likeness (QED) is 0.779. The second-order valence-corrected chi connectivity index (χ2v) is 6.00. The maximum absolute atomic E-state index is 11.7. The van der Waals surface area contributed by atoms with Gasteiger partial charge in [-0.3, -0.25) is 9.69 Å². The highest BCUT2D eigenvalue weighted by molar-refractivity contribution is 5.43. The largest absolute Gasteiger partial charge is 0.493 e. The Labute approximate surface area is 147 Å². The standard InChI is InChI=1S/C18H24N4O3/c1-20-18(23)13-15(14-19-20)22-9-7-21(8-10-22)11-12-25-17-6-4-3-5-16(17)24-2/h3-6,13-14H,7-12H2,1-2H3. The van der Waals surface area contributed by atoms with E-state index in [4.69, 9.17) is 9.47 Å². The number of ether oxygens (including phenoxy) is 2. The highest BCUT2D eigenvalue weighted by Gasteiger charge is 2.18. The molecule has 2 aromatic rings. The summed E-state index contributed by atoms with van der Waals surface area (Å²) in [6, 6.07) is 9.32. The van der Waals surface area contributed by atoms with E-state index in [1.54, 1.807) is 26.4 Å². The molecule has 2 heterocycles. The fourth-order valence-corrected chi connectivity index (χ4v) is 2.89. The maximum atomic E-state index is 11.7. The summed E-state index contributed by atoms with van der Waals surface area (Å²) in [5, 5.41) is 4.09. The Kier molecular flexibility index (Phi) is 5.55. The number of aromatic nitrogens is 2. The van der Waals surface area contributed by atoms with E-state index < -0.39 is 0 Å². The summed E-state index contributed by atoms with van der Waals surface area (Å²) in [5.74, 6) is 1.53. The average Bonchev–Trinajstić information content (AvgIpc) is 2.65. The second-order valence-electron chi connectivity index (χ2n) is 6.00. The SMILES string of the molecule is COc1ccccc1OCCN1CCN(c2cnn(C)c(=O)c2)CC1. The van der Waals surface area contributed by atoms with Gasteiger partial charge in [0.15, 0.2) is 11.5 Å². The summed E-state index contributed by atoms with van der Waals surface area (Å²) in [6.45, 7) is 5.11. The molecule has 0 N–H and O–H groups in total. The third-order valence-corrected chi connectivity index (χ3v) is 4.43. The monoisotopic (exact) mass is 344 g/mol. The zero-order valence-electron chi connectivity index (χ0n) is 14.7. The van der Waals surface area contributed by atoms with Crippen LogP contribution in [0.3, 0.4) is 0 Å². The first-order valence-corrected chi connectivity index (χ1v) is 8.44. The molecular weight excluding hydrogens is 320 g/mol. The van der Waals surface area contributed by atoms with Gasteiger partial charge in [0.25, 0.3) is 5.56 Å². The lowest BCUT2D eigenvalue weighted by atomic mass is 10.3. The molecular formula is C18H24N4O3. The Morgan fingerprint density at radius 2 is 1.84 bits per heavy atom. The van der Waals surface area contributed by atoms with Crippen molar-refractivity contribution in [3.05, 3.63) is 46.9 Å². The van der Waals surface area contributed by atoms with Crippen molar-refractivity contribution in [1.82, 2.24) is 14.7 Å². The Morgan fingerprint density at radius 1 is 1.12 bits per heavy atom. The third kappa shape index (κ3) is 4.30. The van der Waals surface area contributed by atoms with Crippen LogP contribution in [-0.2, 0) is 7.05 Å². The zero-order chi connectivity index (χ0) is 17.6. The van der Waals surface area contributed by atoms with E-state index in [0.29, 0.717) is 6.61 Å². The number of anilines is 1. The van der Waals surface area contributed by atoms with Gasteiger partial charge in [-0.1, -0.05) is 12.1 Å². The fraction of sp³-hybridized carbons (Fsp3) is 0.444. The van der Waals surface area contributed by atoms with Crippen LogP contribution in [0.2, 0.25) is 0 Å². The minimum absolute atomic E-state index is 0.0786. The van der Waals surface area contributed by atoms with Crippen LogP contribution in [0, 0.1) is 0 Å². The van der Waals surface area contributed by atoms with Crippen molar-refractivity contribution in [3.8, 4) is 11.5 Å². The minimum Gasteiger partial charge on any atom is -0.493 e. The van der Waals surface area contributed by atoms with Gasteiger partial charge < -0.3 is 14.4 Å². The normalized spacial score (nSPS) is 15.2. The van der Waals surface area contributed by atoms with Crippen molar-refractivity contribution in [2.24, 2.45) is 7.05 Å². The van der Waals surface area contributed by atoms with Crippen molar-refractivity contribution < 1.29 is 9.47 Å². The summed E-state index contributed by atoms with van der Waals surface area (Å²) >= 11 is 0. The lowest BCUT2D eigenvalue weighted by Gasteiger charge is -2.35. The third-order valence-electron chi connectivity index (χ3n) is 4.43. The number of nitrogens with zero attached hydrogens (tertiary/aromatic N) is 4. The molecule has 1 fully saturated rings. The lowest BCUT2D eigenvalue weighted by Crippen LogP contribution is -2.47. The molecule has 1 aliphatic rings. The predicted octanol–water partition coefficient (Wildman–Crippen LogP) is 0.990. The summed E-state index contributed by atoms with van der Waals surface area (Å²) in [6.07, 6.45) is 1.75. The number of aryl methyl sites for hydroxylation is 1. The van der Waals surface area contributed by atoms with E-state index in [1.807, 2.05) is 24.3 Å². The molecule has 7 heteroatoms. The first kappa shape index (κ1) is 17.3. The Bertz CT molecular complexity index is 754. The molecule has 134 valence electrons. The predicted molar refractivity (Wildman–Crippen MR) is 96.6 cm³/mol. The van der Waals surface area contributed by atoms with E-state index in [9.17, 15) is 4.79 Å². The van der Waals surface area contributed by atoms with Crippen molar-refractivity contribution >= 4 is 5.69 Å². The molecule has 1 aromatic heterocycles. The van der Waals surface area contributed by atoms with E-state index in [2.05, 4.69) is 14.9 Å². The number of hydrogen-bond donors (Lipinski definition) is 0. The number of piperazine rings is 1. The first-order chi connectivity index (χ1) is 12.2. The van der Waals surface area contributed by atoms with E-state index in [1.165, 1.54) is 4.68 Å². The smallest absolute Gasteiger partial charge is 0.268 e. The molecule has 0 unspecified atom stereocenters. The highest BCUT2D eigenvalue weighted by Crippen LogP contribution is 2.25. The van der Waals surface area contributed by atoms with Crippen LogP contribution in [0.5, 0.6) is 11.5 Å². The molecule has 0 spiro atoms. The second kappa shape index (κ2) is 8.02. The van der Waals surface area contributed by atoms with Crippen LogP contribution in [0.1, 0.15) is 0 Å². The van der Waals surface area contributed by atoms with Crippen molar-refractivity contribution in [1.29, 1.82) is 0 Å². The van der Waals surface area contributed by atoms with Gasteiger partial charge in [0.05, 0.1) is 19.0 Å². The van der Waals surface area contributed by atoms with Crippen LogP contribution in [0.4, 0.5) is 5.69 Å². The minimum atomic E-state index is -0.0786. The topological polar surface area (TPSA) is 59.8 Å². The van der Waals surface area contributed by atoms with Crippen molar-refractivity contribution in [3.63, 3.8) is 0 Å². The molecule has 0 bridgehead atoms. The van der Waals surface area contributed by atoms with Crippen LogP contribution < -0.4 is 19.9 Å². The molecule has 0 saturated carbocycles. The van der Waals surface area contributed by atoms with Gasteiger partial charge in [-0.05, 0) is 12.1 Å². The Hall–Kier alpha value is -2.54. The summed E-state index contributed by atoms with van der Waals surface area (Å²) in [5.41, 5.74) is 0.818. The van der Waals surface area contributed by atoms with Gasteiger partial charge in [0, 0.05) is 45.8 Å². The molecule has 0 radical (unpaired) electrons. The Balaban J connectivity index is 1.46. The van der Waals surface area contributed by atoms with E-state index in [-0.39, 0.29) is 5.56 Å². The number of methoxy groups -OCH3 is 1. The Morgan fingerprint density at radius 3 is 2.52 bits per heavy atom. The molecule has 0 amide bonds. The summed E-state index contributed by atoms with van der Waals surface area (Å²) < 4.78 is 12.5. The van der Waals surface area contributed by atoms with E-state index in [0.717, 1.165) is 49.9 Å². The molecule has 0 atom stereocenters. The first-order valence-electron chi connectivity index (χ1n) is 8.44. The molecule has 7 nitrogen and oxygen atoms in total. The van der Waals surface area contributed by atoms with Crippen LogP contribution in [-0.4, -0.2) is 61.1 Å². The van der Waals surface area contributed by atoms with Gasteiger partial charge in [0.2, 0.25) is 0 Å². The van der Waals surface area contributed by atoms with Crippen LogP contribution >= 0.6 is 0 Å². The van der Waals surface area contributed by atoms with Gasteiger partial charge in [-0.25, -0.2) is 4.68 Å². The summed E-state index contributed by atoms with van der Waals surface area (Å²) in [7, 11) is 3.30. The molecule has 3 rings (SSSR count).